The Balaban J connectivity index is 1.31. The molecule has 0 amide bonds. The van der Waals surface area contributed by atoms with Crippen molar-refractivity contribution in [3.8, 4) is 0 Å². The van der Waals surface area contributed by atoms with Gasteiger partial charge in [0.25, 0.3) is 0 Å². The van der Waals surface area contributed by atoms with Crippen molar-refractivity contribution in [2.45, 2.75) is 143 Å². The van der Waals surface area contributed by atoms with Crippen molar-refractivity contribution in [2.75, 3.05) is 0 Å². The van der Waals surface area contributed by atoms with Crippen LogP contribution < -0.4 is 0 Å². The number of hydrogen-bond acceptors (Lipinski definition) is 5. The van der Waals surface area contributed by atoms with Gasteiger partial charge in [-0.1, -0.05) is 34.6 Å². The first-order valence-corrected chi connectivity index (χ1v) is 15.3. The molecule has 5 unspecified atom stereocenters. The number of ether oxygens (including phenoxy) is 2. The summed E-state index contributed by atoms with van der Waals surface area (Å²) in [6, 6.07) is 0. The lowest BCUT2D eigenvalue weighted by atomic mass is 9.41. The van der Waals surface area contributed by atoms with Crippen LogP contribution in [0.5, 0.6) is 0 Å². The Bertz CT molecular complexity index is 969. The Morgan fingerprint density at radius 1 is 1.00 bits per heavy atom. The van der Waals surface area contributed by atoms with E-state index in [1.165, 1.54) is 45.4 Å². The quantitative estimate of drug-likeness (QED) is 0.457. The molecule has 5 aliphatic carbocycles. The molecule has 6 rings (SSSR count). The number of rotatable bonds is 3. The standard InChI is InChI=1S/C32H52O5/c1-18-15-20(26(28(5,6)35)36-19(2)33)37-21-16-30(8)23-10-9-22-27(3,4)24(34)11-12-31(22)17-32(23,31)14-13-29(30,7)25(18)21/h18,20-26,34-35H,9-17H2,1-8H3/t18-,20?,21?,22?,23+,24+,25?,26+,29-,30+,31?,32+/m1/s1. The summed E-state index contributed by atoms with van der Waals surface area (Å²) in [4.78, 5) is 11.9. The Morgan fingerprint density at radius 2 is 1.65 bits per heavy atom. The van der Waals surface area contributed by atoms with Gasteiger partial charge in [-0.05, 0) is 122 Å². The van der Waals surface area contributed by atoms with Crippen LogP contribution in [0.2, 0.25) is 0 Å². The summed E-state index contributed by atoms with van der Waals surface area (Å²) in [6.45, 7) is 17.1. The monoisotopic (exact) mass is 516 g/mol. The van der Waals surface area contributed by atoms with Crippen molar-refractivity contribution >= 4 is 5.97 Å². The van der Waals surface area contributed by atoms with Crippen LogP contribution in [0, 0.1) is 50.7 Å². The fourth-order valence-electron chi connectivity index (χ4n) is 12.4. The van der Waals surface area contributed by atoms with Crippen LogP contribution in [0.4, 0.5) is 0 Å². The van der Waals surface area contributed by atoms with E-state index in [0.717, 1.165) is 25.2 Å². The maximum atomic E-state index is 11.9. The highest BCUT2D eigenvalue weighted by Gasteiger charge is 2.83. The minimum atomic E-state index is -1.15. The van der Waals surface area contributed by atoms with Crippen LogP contribution in [0.25, 0.3) is 0 Å². The highest BCUT2D eigenvalue weighted by atomic mass is 16.6. The lowest BCUT2D eigenvalue weighted by Gasteiger charge is -2.63. The van der Waals surface area contributed by atoms with Gasteiger partial charge in [-0.15, -0.1) is 0 Å². The molecule has 1 heterocycles. The molecule has 0 aromatic carbocycles. The predicted octanol–water partition coefficient (Wildman–Crippen LogP) is 5.89. The maximum Gasteiger partial charge on any atom is 0.303 e. The molecule has 1 aliphatic heterocycles. The van der Waals surface area contributed by atoms with Gasteiger partial charge in [-0.2, -0.15) is 0 Å². The number of carbonyl (C=O) groups excluding carboxylic acids is 1. The molecule has 12 atom stereocenters. The molecule has 0 aromatic rings. The molecule has 2 spiro atoms. The molecule has 6 fully saturated rings. The zero-order valence-electron chi connectivity index (χ0n) is 24.6. The Morgan fingerprint density at radius 3 is 2.30 bits per heavy atom. The zero-order chi connectivity index (χ0) is 27.0. The second-order valence-corrected chi connectivity index (χ2v) is 16.2. The van der Waals surface area contributed by atoms with Crippen molar-refractivity contribution < 1.29 is 24.5 Å². The van der Waals surface area contributed by atoms with Crippen LogP contribution in [0.3, 0.4) is 0 Å². The van der Waals surface area contributed by atoms with Crippen LogP contribution in [-0.4, -0.2) is 46.2 Å². The number of esters is 1. The third-order valence-corrected chi connectivity index (χ3v) is 14.0. The number of hydrogen-bond donors (Lipinski definition) is 2. The van der Waals surface area contributed by atoms with Gasteiger partial charge in [0.05, 0.1) is 23.9 Å². The molecule has 6 aliphatic rings. The number of aliphatic hydroxyl groups excluding tert-OH is 1. The first-order chi connectivity index (χ1) is 17.0. The lowest BCUT2D eigenvalue weighted by molar-refractivity contribution is -0.209. The van der Waals surface area contributed by atoms with Crippen molar-refractivity contribution in [3.63, 3.8) is 0 Å². The predicted molar refractivity (Wildman–Crippen MR) is 143 cm³/mol. The molecule has 210 valence electrons. The molecular formula is C32H52O5. The summed E-state index contributed by atoms with van der Waals surface area (Å²) in [7, 11) is 0. The third-order valence-electron chi connectivity index (χ3n) is 14.0. The first-order valence-electron chi connectivity index (χ1n) is 15.3. The van der Waals surface area contributed by atoms with E-state index in [9.17, 15) is 15.0 Å². The normalized spacial score (nSPS) is 54.6. The minimum absolute atomic E-state index is 0.0196. The number of aliphatic hydroxyl groups is 2. The molecule has 5 saturated carbocycles. The average molecular weight is 517 g/mol. The van der Waals surface area contributed by atoms with Gasteiger partial charge in [0.2, 0.25) is 0 Å². The van der Waals surface area contributed by atoms with Crippen LogP contribution in [0.1, 0.15) is 113 Å². The van der Waals surface area contributed by atoms with E-state index in [1.54, 1.807) is 13.8 Å². The SMILES string of the molecule is CC(=O)O[C@@H](C1C[C@@H](C)C2C(C[C@@]3(C)[C@@H]4CCC5C(C)(C)[C@@H](O)CCC56C[C@@]46CC[C@]23C)O1)C(C)(C)O. The molecule has 5 heteroatoms. The summed E-state index contributed by atoms with van der Waals surface area (Å²) in [6.07, 6.45) is 9.66. The summed E-state index contributed by atoms with van der Waals surface area (Å²) in [5, 5.41) is 21.8. The van der Waals surface area contributed by atoms with Gasteiger partial charge in [-0.25, -0.2) is 0 Å². The van der Waals surface area contributed by atoms with Gasteiger partial charge >= 0.3 is 5.97 Å². The molecule has 0 radical (unpaired) electrons. The molecule has 1 saturated heterocycles. The van der Waals surface area contributed by atoms with E-state index >= 15 is 0 Å². The third kappa shape index (κ3) is 3.23. The molecule has 5 nitrogen and oxygen atoms in total. The van der Waals surface area contributed by atoms with Gasteiger partial charge in [-0.3, -0.25) is 4.79 Å². The fourth-order valence-corrected chi connectivity index (χ4v) is 12.4. The molecular weight excluding hydrogens is 464 g/mol. The maximum absolute atomic E-state index is 11.9. The molecule has 2 N–H and O–H groups in total. The largest absolute Gasteiger partial charge is 0.457 e. The van der Waals surface area contributed by atoms with Crippen LogP contribution in [0.15, 0.2) is 0 Å². The van der Waals surface area contributed by atoms with Crippen molar-refractivity contribution in [1.29, 1.82) is 0 Å². The highest BCUT2D eigenvalue weighted by molar-refractivity contribution is 5.66. The van der Waals surface area contributed by atoms with Crippen LogP contribution >= 0.6 is 0 Å². The minimum Gasteiger partial charge on any atom is -0.457 e. The number of carbonyl (C=O) groups is 1. The van der Waals surface area contributed by atoms with E-state index in [0.29, 0.717) is 28.6 Å². The van der Waals surface area contributed by atoms with E-state index in [1.807, 2.05) is 0 Å². The summed E-state index contributed by atoms with van der Waals surface area (Å²) in [5.74, 6) is 1.97. The first kappa shape index (κ1) is 26.6. The lowest BCUT2D eigenvalue weighted by Crippen LogP contribution is -2.58. The Hall–Kier alpha value is -0.650. The second-order valence-electron chi connectivity index (χ2n) is 16.2. The number of fused-ring (bicyclic) bond motifs is 4. The second kappa shape index (κ2) is 7.75. The highest BCUT2D eigenvalue weighted by Crippen LogP contribution is 2.89. The van der Waals surface area contributed by atoms with Crippen molar-refractivity contribution in [3.05, 3.63) is 0 Å². The Labute approximate surface area is 224 Å². The van der Waals surface area contributed by atoms with Gasteiger partial charge in [0.1, 0.15) is 0 Å². The molecule has 0 bridgehead atoms. The van der Waals surface area contributed by atoms with Crippen molar-refractivity contribution in [2.24, 2.45) is 50.7 Å². The van der Waals surface area contributed by atoms with E-state index in [4.69, 9.17) is 9.47 Å². The summed E-state index contributed by atoms with van der Waals surface area (Å²) in [5.41, 5.74) is 0.223. The molecule has 37 heavy (non-hydrogen) atoms. The Kier molecular flexibility index (Phi) is 5.57. The van der Waals surface area contributed by atoms with Gasteiger partial charge < -0.3 is 19.7 Å². The summed E-state index contributed by atoms with van der Waals surface area (Å²) < 4.78 is 12.6. The van der Waals surface area contributed by atoms with Crippen molar-refractivity contribution in [1.82, 2.24) is 0 Å². The van der Waals surface area contributed by atoms with E-state index in [-0.39, 0.29) is 40.5 Å². The van der Waals surface area contributed by atoms with E-state index < -0.39 is 11.7 Å². The summed E-state index contributed by atoms with van der Waals surface area (Å²) >= 11 is 0. The average Bonchev–Trinajstić information content (AvgIpc) is 3.37. The van der Waals surface area contributed by atoms with Crippen LogP contribution in [-0.2, 0) is 14.3 Å². The molecule has 0 aromatic heterocycles. The zero-order valence-corrected chi connectivity index (χ0v) is 24.6. The smallest absolute Gasteiger partial charge is 0.303 e. The van der Waals surface area contributed by atoms with Gasteiger partial charge in [0, 0.05) is 6.92 Å². The van der Waals surface area contributed by atoms with Gasteiger partial charge in [0.15, 0.2) is 6.10 Å². The fraction of sp³-hybridized carbons (Fsp3) is 0.969. The van der Waals surface area contributed by atoms with E-state index in [2.05, 4.69) is 34.6 Å². The topological polar surface area (TPSA) is 76.0 Å².